The number of methoxy groups -OCH3 is 1. The average molecular weight is 378 g/mol. The van der Waals surface area contributed by atoms with Crippen LogP contribution in [0.5, 0.6) is 0 Å². The summed E-state index contributed by atoms with van der Waals surface area (Å²) in [5.41, 5.74) is 4.27. The maximum absolute atomic E-state index is 13.5. The second kappa shape index (κ2) is 6.35. The van der Waals surface area contributed by atoms with Crippen molar-refractivity contribution in [3.63, 3.8) is 0 Å². The van der Waals surface area contributed by atoms with E-state index in [0.717, 1.165) is 22.3 Å². The molecule has 0 spiro atoms. The highest BCUT2D eigenvalue weighted by Crippen LogP contribution is 2.50. The van der Waals surface area contributed by atoms with Crippen LogP contribution in [0.1, 0.15) is 32.3 Å². The van der Waals surface area contributed by atoms with Crippen LogP contribution in [0.2, 0.25) is 0 Å². The number of sulfone groups is 1. The van der Waals surface area contributed by atoms with Crippen LogP contribution in [0.25, 0.3) is 11.1 Å². The SMILES string of the molecule is COC(=O)c1ccc2c(c1C)-c1ccccc1C2S(=O)(=O)c1ccccc1. The van der Waals surface area contributed by atoms with Crippen molar-refractivity contribution in [1.82, 2.24) is 0 Å². The Morgan fingerprint density at radius 2 is 1.56 bits per heavy atom. The Morgan fingerprint density at radius 1 is 0.889 bits per heavy atom. The number of hydrogen-bond donors (Lipinski definition) is 0. The highest BCUT2D eigenvalue weighted by Gasteiger charge is 2.40. The Hall–Kier alpha value is -2.92. The van der Waals surface area contributed by atoms with Crippen LogP contribution >= 0.6 is 0 Å². The summed E-state index contributed by atoms with van der Waals surface area (Å²) in [6.45, 7) is 1.83. The fraction of sp³-hybridized carbons (Fsp3) is 0.136. The first-order valence-corrected chi connectivity index (χ1v) is 10.1. The van der Waals surface area contributed by atoms with Crippen LogP contribution in [0.3, 0.4) is 0 Å². The van der Waals surface area contributed by atoms with Crippen LogP contribution in [0.15, 0.2) is 71.6 Å². The van der Waals surface area contributed by atoms with E-state index >= 15 is 0 Å². The van der Waals surface area contributed by atoms with Crippen LogP contribution in [0, 0.1) is 6.92 Å². The van der Waals surface area contributed by atoms with Gasteiger partial charge in [-0.25, -0.2) is 13.2 Å². The first kappa shape index (κ1) is 17.5. The molecule has 1 unspecified atom stereocenters. The minimum Gasteiger partial charge on any atom is -0.465 e. The fourth-order valence-electron chi connectivity index (χ4n) is 3.84. The summed E-state index contributed by atoms with van der Waals surface area (Å²) < 4.78 is 31.8. The molecule has 1 aliphatic carbocycles. The number of benzene rings is 3. The molecule has 0 bridgehead atoms. The zero-order valence-corrected chi connectivity index (χ0v) is 15.8. The van der Waals surface area contributed by atoms with Gasteiger partial charge in [0.2, 0.25) is 0 Å². The lowest BCUT2D eigenvalue weighted by Gasteiger charge is -2.16. The van der Waals surface area contributed by atoms with Gasteiger partial charge in [-0.2, -0.15) is 0 Å². The van der Waals surface area contributed by atoms with Crippen molar-refractivity contribution in [3.8, 4) is 11.1 Å². The van der Waals surface area contributed by atoms with Crippen LogP contribution in [0.4, 0.5) is 0 Å². The normalized spacial score (nSPS) is 15.1. The van der Waals surface area contributed by atoms with Crippen LogP contribution in [-0.2, 0) is 14.6 Å². The summed E-state index contributed by atoms with van der Waals surface area (Å²) in [6, 6.07) is 19.3. The number of fused-ring (bicyclic) bond motifs is 3. The molecule has 0 heterocycles. The molecule has 0 radical (unpaired) electrons. The molecule has 136 valence electrons. The van der Waals surface area contributed by atoms with Gasteiger partial charge in [0.25, 0.3) is 0 Å². The highest BCUT2D eigenvalue weighted by atomic mass is 32.2. The summed E-state index contributed by atoms with van der Waals surface area (Å²) in [6.07, 6.45) is 0. The van der Waals surface area contributed by atoms with Gasteiger partial charge in [0.15, 0.2) is 9.84 Å². The number of carbonyl (C=O) groups is 1. The molecule has 0 saturated carbocycles. The molecular formula is C22H18O4S. The van der Waals surface area contributed by atoms with Gasteiger partial charge in [0.1, 0.15) is 5.25 Å². The van der Waals surface area contributed by atoms with Gasteiger partial charge in [0, 0.05) is 0 Å². The summed E-state index contributed by atoms with van der Waals surface area (Å²) in [4.78, 5) is 12.4. The van der Waals surface area contributed by atoms with E-state index < -0.39 is 21.1 Å². The fourth-order valence-corrected chi connectivity index (χ4v) is 5.72. The molecule has 3 aromatic rings. The molecule has 1 aliphatic rings. The molecule has 4 rings (SSSR count). The Morgan fingerprint density at radius 3 is 2.26 bits per heavy atom. The van der Waals surface area contributed by atoms with Gasteiger partial charge in [-0.05, 0) is 52.9 Å². The first-order chi connectivity index (χ1) is 13.0. The Bertz CT molecular complexity index is 1150. The van der Waals surface area contributed by atoms with Crippen molar-refractivity contribution in [3.05, 3.63) is 89.0 Å². The second-order valence-electron chi connectivity index (χ2n) is 6.52. The maximum atomic E-state index is 13.5. The van der Waals surface area contributed by atoms with E-state index in [9.17, 15) is 13.2 Å². The van der Waals surface area contributed by atoms with Crippen LogP contribution < -0.4 is 0 Å². The summed E-state index contributed by atoms with van der Waals surface area (Å²) in [7, 11) is -2.30. The Kier molecular flexibility index (Phi) is 4.12. The van der Waals surface area contributed by atoms with E-state index in [1.807, 2.05) is 31.2 Å². The molecule has 1 atom stereocenters. The zero-order valence-electron chi connectivity index (χ0n) is 15.0. The molecular weight excluding hydrogens is 360 g/mol. The zero-order chi connectivity index (χ0) is 19.2. The molecule has 27 heavy (non-hydrogen) atoms. The Balaban J connectivity index is 2.01. The second-order valence-corrected chi connectivity index (χ2v) is 8.55. The summed E-state index contributed by atoms with van der Waals surface area (Å²) >= 11 is 0. The topological polar surface area (TPSA) is 60.4 Å². The molecule has 0 fully saturated rings. The van der Waals surface area contributed by atoms with E-state index in [1.54, 1.807) is 42.5 Å². The lowest BCUT2D eigenvalue weighted by Crippen LogP contribution is -2.13. The van der Waals surface area contributed by atoms with Gasteiger partial charge in [-0.3, -0.25) is 0 Å². The van der Waals surface area contributed by atoms with E-state index in [2.05, 4.69) is 0 Å². The standard InChI is InChI=1S/C22H18O4S/c1-14-16(22(23)26-2)12-13-19-20(14)17-10-6-7-11-18(17)21(19)27(24,25)15-8-4-3-5-9-15/h3-13,21H,1-2H3. The number of rotatable bonds is 3. The van der Waals surface area contributed by atoms with Gasteiger partial charge in [0.05, 0.1) is 17.6 Å². The van der Waals surface area contributed by atoms with Gasteiger partial charge in [-0.1, -0.05) is 48.5 Å². The number of hydrogen-bond acceptors (Lipinski definition) is 4. The van der Waals surface area contributed by atoms with Crippen molar-refractivity contribution in [2.45, 2.75) is 17.1 Å². The van der Waals surface area contributed by atoms with Crippen molar-refractivity contribution >= 4 is 15.8 Å². The van der Waals surface area contributed by atoms with Crippen LogP contribution in [-0.4, -0.2) is 21.5 Å². The summed E-state index contributed by atoms with van der Waals surface area (Å²) in [5, 5.41) is -0.795. The van der Waals surface area contributed by atoms with Crippen molar-refractivity contribution in [2.75, 3.05) is 7.11 Å². The van der Waals surface area contributed by atoms with Gasteiger partial charge < -0.3 is 4.74 Å². The third-order valence-electron chi connectivity index (χ3n) is 5.08. The number of carbonyl (C=O) groups excluding carboxylic acids is 1. The lowest BCUT2D eigenvalue weighted by molar-refractivity contribution is 0.0600. The van der Waals surface area contributed by atoms with E-state index in [1.165, 1.54) is 7.11 Å². The monoisotopic (exact) mass is 378 g/mol. The minimum absolute atomic E-state index is 0.285. The maximum Gasteiger partial charge on any atom is 0.338 e. The third-order valence-corrected chi connectivity index (χ3v) is 7.14. The predicted molar refractivity (Wildman–Crippen MR) is 103 cm³/mol. The highest BCUT2D eigenvalue weighted by molar-refractivity contribution is 7.92. The molecule has 0 aliphatic heterocycles. The quantitative estimate of drug-likeness (QED) is 0.637. The number of ether oxygens (including phenoxy) is 1. The van der Waals surface area contributed by atoms with Gasteiger partial charge >= 0.3 is 5.97 Å². The summed E-state index contributed by atoms with van der Waals surface area (Å²) in [5.74, 6) is -0.429. The van der Waals surface area contributed by atoms with E-state index in [0.29, 0.717) is 11.1 Å². The largest absolute Gasteiger partial charge is 0.465 e. The molecule has 0 amide bonds. The van der Waals surface area contributed by atoms with Crippen molar-refractivity contribution in [2.24, 2.45) is 0 Å². The molecule has 3 aromatic carbocycles. The van der Waals surface area contributed by atoms with Crippen molar-refractivity contribution in [1.29, 1.82) is 0 Å². The average Bonchev–Trinajstić information content (AvgIpc) is 3.04. The molecule has 5 heteroatoms. The Labute approximate surface area is 158 Å². The molecule has 0 saturated heterocycles. The molecule has 4 nitrogen and oxygen atoms in total. The number of esters is 1. The molecule has 0 aromatic heterocycles. The molecule has 0 N–H and O–H groups in total. The van der Waals surface area contributed by atoms with E-state index in [-0.39, 0.29) is 4.90 Å². The van der Waals surface area contributed by atoms with Crippen molar-refractivity contribution < 1.29 is 17.9 Å². The minimum atomic E-state index is -3.64. The predicted octanol–water partition coefficient (Wildman–Crippen LogP) is 4.33. The van der Waals surface area contributed by atoms with E-state index in [4.69, 9.17) is 4.74 Å². The lowest BCUT2D eigenvalue weighted by atomic mass is 9.96. The van der Waals surface area contributed by atoms with Gasteiger partial charge in [-0.15, -0.1) is 0 Å². The third kappa shape index (κ3) is 2.58. The first-order valence-electron chi connectivity index (χ1n) is 8.57. The smallest absolute Gasteiger partial charge is 0.338 e.